The molecule has 3 rings (SSSR count). The molecule has 1 aromatic heterocycles. The maximum Gasteiger partial charge on any atom is 0.304 e. The highest BCUT2D eigenvalue weighted by Gasteiger charge is 2.26. The van der Waals surface area contributed by atoms with Crippen LogP contribution in [0.15, 0.2) is 35.7 Å². The number of carboxylic acids is 1. The van der Waals surface area contributed by atoms with Crippen molar-refractivity contribution in [1.29, 1.82) is 0 Å². The van der Waals surface area contributed by atoms with Gasteiger partial charge in [0, 0.05) is 10.8 Å². The van der Waals surface area contributed by atoms with Crippen molar-refractivity contribution in [2.75, 3.05) is 0 Å². The van der Waals surface area contributed by atoms with E-state index in [1.54, 1.807) is 11.3 Å². The summed E-state index contributed by atoms with van der Waals surface area (Å²) in [5, 5.41) is 11.2. The standard InChI is InChI=1S/C15H14O2S/c16-14(17)9-13-12-4-2-1-3-10(12)5-6-11-7-8-18-15(11)13/h1-4,7-8,13H,5-6,9H2,(H,16,17). The first-order valence-corrected chi connectivity index (χ1v) is 6.99. The molecule has 1 aliphatic rings. The first-order chi connectivity index (χ1) is 8.75. The molecule has 1 unspecified atom stereocenters. The van der Waals surface area contributed by atoms with Gasteiger partial charge in [0.2, 0.25) is 0 Å². The molecule has 0 aliphatic heterocycles. The van der Waals surface area contributed by atoms with E-state index < -0.39 is 5.97 Å². The molecule has 1 heterocycles. The third-order valence-corrected chi connectivity index (χ3v) is 4.64. The minimum atomic E-state index is -0.726. The summed E-state index contributed by atoms with van der Waals surface area (Å²) in [5.41, 5.74) is 3.82. The number of rotatable bonds is 2. The molecule has 0 saturated carbocycles. The van der Waals surface area contributed by atoms with E-state index in [1.165, 1.54) is 21.6 Å². The van der Waals surface area contributed by atoms with Crippen LogP contribution in [0.4, 0.5) is 0 Å². The highest BCUT2D eigenvalue weighted by atomic mass is 32.1. The van der Waals surface area contributed by atoms with E-state index >= 15 is 0 Å². The lowest BCUT2D eigenvalue weighted by Crippen LogP contribution is -2.08. The lowest BCUT2D eigenvalue weighted by Gasteiger charge is -2.16. The molecule has 1 aromatic carbocycles. The van der Waals surface area contributed by atoms with Crippen LogP contribution in [0.5, 0.6) is 0 Å². The molecule has 1 atom stereocenters. The van der Waals surface area contributed by atoms with Crippen LogP contribution in [0.1, 0.15) is 33.9 Å². The Labute approximate surface area is 110 Å². The summed E-state index contributed by atoms with van der Waals surface area (Å²) in [5.74, 6) is -0.702. The summed E-state index contributed by atoms with van der Waals surface area (Å²) in [6.07, 6.45) is 2.21. The second-order valence-electron chi connectivity index (χ2n) is 4.66. The van der Waals surface area contributed by atoms with E-state index in [0.29, 0.717) is 0 Å². The van der Waals surface area contributed by atoms with Crippen molar-refractivity contribution < 1.29 is 9.90 Å². The van der Waals surface area contributed by atoms with E-state index in [2.05, 4.69) is 23.6 Å². The van der Waals surface area contributed by atoms with Gasteiger partial charge in [-0.1, -0.05) is 24.3 Å². The number of thiophene rings is 1. The zero-order chi connectivity index (χ0) is 12.5. The number of aryl methyl sites for hydroxylation is 2. The third-order valence-electron chi connectivity index (χ3n) is 3.57. The summed E-state index contributed by atoms with van der Waals surface area (Å²) in [7, 11) is 0. The van der Waals surface area contributed by atoms with Crippen LogP contribution in [-0.2, 0) is 17.6 Å². The van der Waals surface area contributed by atoms with Crippen molar-refractivity contribution >= 4 is 17.3 Å². The van der Waals surface area contributed by atoms with Crippen LogP contribution in [0.2, 0.25) is 0 Å². The zero-order valence-electron chi connectivity index (χ0n) is 9.93. The Kier molecular flexibility index (Phi) is 2.92. The predicted octanol–water partition coefficient (Wildman–Crippen LogP) is 3.45. The summed E-state index contributed by atoms with van der Waals surface area (Å²) in [6, 6.07) is 10.4. The fourth-order valence-electron chi connectivity index (χ4n) is 2.75. The lowest BCUT2D eigenvalue weighted by atomic mass is 9.91. The quantitative estimate of drug-likeness (QED) is 0.895. The minimum Gasteiger partial charge on any atom is -0.481 e. The van der Waals surface area contributed by atoms with Gasteiger partial charge in [0.25, 0.3) is 0 Å². The average molecular weight is 258 g/mol. The number of fused-ring (bicyclic) bond motifs is 2. The van der Waals surface area contributed by atoms with Gasteiger partial charge in [0.1, 0.15) is 0 Å². The summed E-state index contributed by atoms with van der Waals surface area (Å²) in [4.78, 5) is 12.4. The van der Waals surface area contributed by atoms with E-state index in [1.807, 2.05) is 12.1 Å². The molecule has 0 fully saturated rings. The third kappa shape index (κ3) is 1.95. The van der Waals surface area contributed by atoms with Crippen LogP contribution >= 0.6 is 11.3 Å². The van der Waals surface area contributed by atoms with Gasteiger partial charge in [0.05, 0.1) is 6.42 Å². The van der Waals surface area contributed by atoms with Gasteiger partial charge in [-0.2, -0.15) is 0 Å². The van der Waals surface area contributed by atoms with Gasteiger partial charge >= 0.3 is 5.97 Å². The molecular formula is C15H14O2S. The molecule has 0 saturated heterocycles. The molecule has 2 aromatic rings. The second-order valence-corrected chi connectivity index (χ2v) is 5.61. The van der Waals surface area contributed by atoms with Crippen molar-refractivity contribution in [2.45, 2.75) is 25.2 Å². The SMILES string of the molecule is O=C(O)CC1c2ccccc2CCc2ccsc21. The largest absolute Gasteiger partial charge is 0.481 e. The molecule has 1 N–H and O–H groups in total. The molecule has 0 amide bonds. The first kappa shape index (κ1) is 11.5. The number of aliphatic carboxylic acids is 1. The van der Waals surface area contributed by atoms with Crippen molar-refractivity contribution in [1.82, 2.24) is 0 Å². The molecule has 2 nitrogen and oxygen atoms in total. The van der Waals surface area contributed by atoms with Crippen LogP contribution in [0, 0.1) is 0 Å². The van der Waals surface area contributed by atoms with Crippen LogP contribution in [0.25, 0.3) is 0 Å². The number of carbonyl (C=O) groups is 1. The normalized spacial score (nSPS) is 17.7. The van der Waals surface area contributed by atoms with Gasteiger partial charge in [0.15, 0.2) is 0 Å². The molecule has 0 radical (unpaired) electrons. The number of benzene rings is 1. The van der Waals surface area contributed by atoms with E-state index in [0.717, 1.165) is 12.8 Å². The molecule has 92 valence electrons. The van der Waals surface area contributed by atoms with E-state index in [4.69, 9.17) is 5.11 Å². The predicted molar refractivity (Wildman–Crippen MR) is 72.3 cm³/mol. The number of hydrogen-bond acceptors (Lipinski definition) is 2. The average Bonchev–Trinajstić information content (AvgIpc) is 2.77. The Balaban J connectivity index is 2.13. The van der Waals surface area contributed by atoms with Gasteiger partial charge in [-0.25, -0.2) is 0 Å². The highest BCUT2D eigenvalue weighted by molar-refractivity contribution is 7.10. The minimum absolute atomic E-state index is 0.0243. The van der Waals surface area contributed by atoms with Crippen LogP contribution < -0.4 is 0 Å². The van der Waals surface area contributed by atoms with Crippen molar-refractivity contribution in [3.05, 3.63) is 57.3 Å². The Hall–Kier alpha value is -1.61. The first-order valence-electron chi connectivity index (χ1n) is 6.11. The van der Waals surface area contributed by atoms with Gasteiger partial charge in [-0.3, -0.25) is 4.79 Å². The van der Waals surface area contributed by atoms with Crippen molar-refractivity contribution in [3.63, 3.8) is 0 Å². The van der Waals surface area contributed by atoms with Crippen molar-refractivity contribution in [2.24, 2.45) is 0 Å². The summed E-state index contributed by atoms with van der Waals surface area (Å²) < 4.78 is 0. The monoisotopic (exact) mass is 258 g/mol. The fraction of sp³-hybridized carbons (Fsp3) is 0.267. The maximum atomic E-state index is 11.1. The molecule has 1 aliphatic carbocycles. The Bertz CT molecular complexity index is 586. The van der Waals surface area contributed by atoms with E-state index in [9.17, 15) is 4.79 Å². The molecule has 0 bridgehead atoms. The number of hydrogen-bond donors (Lipinski definition) is 1. The Morgan fingerprint density at radius 1 is 1.22 bits per heavy atom. The van der Waals surface area contributed by atoms with E-state index in [-0.39, 0.29) is 12.3 Å². The molecular weight excluding hydrogens is 244 g/mol. The smallest absolute Gasteiger partial charge is 0.304 e. The highest BCUT2D eigenvalue weighted by Crippen LogP contribution is 2.39. The van der Waals surface area contributed by atoms with Crippen LogP contribution in [0.3, 0.4) is 0 Å². The summed E-state index contributed by atoms with van der Waals surface area (Å²) in [6.45, 7) is 0. The molecule has 18 heavy (non-hydrogen) atoms. The van der Waals surface area contributed by atoms with Gasteiger partial charge < -0.3 is 5.11 Å². The lowest BCUT2D eigenvalue weighted by molar-refractivity contribution is -0.137. The van der Waals surface area contributed by atoms with Gasteiger partial charge in [-0.15, -0.1) is 11.3 Å². The molecule has 0 spiro atoms. The summed E-state index contributed by atoms with van der Waals surface area (Å²) >= 11 is 1.69. The fourth-order valence-corrected chi connectivity index (χ4v) is 3.82. The van der Waals surface area contributed by atoms with Crippen LogP contribution in [-0.4, -0.2) is 11.1 Å². The Morgan fingerprint density at radius 3 is 2.83 bits per heavy atom. The second kappa shape index (κ2) is 4.58. The topological polar surface area (TPSA) is 37.3 Å². The number of carboxylic acid groups (broad SMARTS) is 1. The molecule has 3 heteroatoms. The van der Waals surface area contributed by atoms with Crippen molar-refractivity contribution in [3.8, 4) is 0 Å². The zero-order valence-corrected chi connectivity index (χ0v) is 10.7. The van der Waals surface area contributed by atoms with Gasteiger partial charge in [-0.05, 0) is 41.0 Å². The Morgan fingerprint density at radius 2 is 2.00 bits per heavy atom. The maximum absolute atomic E-state index is 11.1.